The van der Waals surface area contributed by atoms with Crippen molar-refractivity contribution in [3.63, 3.8) is 0 Å². The van der Waals surface area contributed by atoms with Gasteiger partial charge in [-0.3, -0.25) is 0 Å². The maximum Gasteiger partial charge on any atom is 0.137 e. The van der Waals surface area contributed by atoms with Gasteiger partial charge < -0.3 is 15.4 Å². The van der Waals surface area contributed by atoms with E-state index in [1.807, 2.05) is 18.2 Å². The van der Waals surface area contributed by atoms with Crippen LogP contribution in [0.5, 0.6) is 5.75 Å². The smallest absolute Gasteiger partial charge is 0.137 e. The lowest BCUT2D eigenvalue weighted by molar-refractivity contribution is 0.170. The van der Waals surface area contributed by atoms with Gasteiger partial charge >= 0.3 is 0 Å². The lowest BCUT2D eigenvalue weighted by Crippen LogP contribution is -2.60. The predicted octanol–water partition coefficient (Wildman–Crippen LogP) is 3.36. The second kappa shape index (κ2) is 5.64. The molecule has 5 heteroatoms. The summed E-state index contributed by atoms with van der Waals surface area (Å²) in [4.78, 5) is 8.83. The molecular formula is C18H26N4O. The van der Waals surface area contributed by atoms with Gasteiger partial charge in [-0.05, 0) is 52.7 Å². The zero-order valence-electron chi connectivity index (χ0n) is 14.6. The monoisotopic (exact) mass is 314 g/mol. The van der Waals surface area contributed by atoms with Gasteiger partial charge in [0, 0.05) is 28.6 Å². The second-order valence-electron chi connectivity index (χ2n) is 7.75. The van der Waals surface area contributed by atoms with E-state index in [1.165, 1.54) is 0 Å². The number of piperidine rings is 1. The summed E-state index contributed by atoms with van der Waals surface area (Å²) >= 11 is 0. The zero-order chi connectivity index (χ0) is 16.7. The Balaban J connectivity index is 1.89. The lowest BCUT2D eigenvalue weighted by Gasteiger charge is -2.46. The zero-order valence-corrected chi connectivity index (χ0v) is 14.6. The van der Waals surface area contributed by atoms with Gasteiger partial charge in [0.05, 0.1) is 12.6 Å². The quantitative estimate of drug-likeness (QED) is 0.910. The minimum Gasteiger partial charge on any atom is -0.497 e. The van der Waals surface area contributed by atoms with Crippen LogP contribution in [0.25, 0.3) is 10.9 Å². The first-order chi connectivity index (χ1) is 10.8. The number of hydrogen-bond acceptors (Lipinski definition) is 5. The summed E-state index contributed by atoms with van der Waals surface area (Å²) in [7, 11) is 1.67. The Hall–Kier alpha value is -1.88. The molecule has 0 bridgehead atoms. The molecule has 23 heavy (non-hydrogen) atoms. The summed E-state index contributed by atoms with van der Waals surface area (Å²) in [6, 6.07) is 6.29. The van der Waals surface area contributed by atoms with Gasteiger partial charge in [0.2, 0.25) is 0 Å². The highest BCUT2D eigenvalue weighted by atomic mass is 16.5. The molecule has 0 unspecified atom stereocenters. The molecule has 5 nitrogen and oxygen atoms in total. The summed E-state index contributed by atoms with van der Waals surface area (Å²) in [6.45, 7) is 9.02. The highest BCUT2D eigenvalue weighted by Crippen LogP contribution is 2.32. The molecule has 2 N–H and O–H groups in total. The van der Waals surface area contributed by atoms with Crippen LogP contribution in [0.4, 0.5) is 5.82 Å². The average Bonchev–Trinajstić information content (AvgIpc) is 2.43. The Kier molecular flexibility index (Phi) is 3.92. The summed E-state index contributed by atoms with van der Waals surface area (Å²) in [5, 5.41) is 8.38. The van der Waals surface area contributed by atoms with E-state index in [9.17, 15) is 0 Å². The standard InChI is InChI=1S/C18H26N4O/c1-17(2)9-12(10-18(3,4)22-17)21-16-14-7-6-13(23-5)8-15(14)19-11-20-16/h6-8,11-12,22H,9-10H2,1-5H3,(H,19,20,21). The lowest BCUT2D eigenvalue weighted by atomic mass is 9.79. The molecule has 1 aliphatic heterocycles. The summed E-state index contributed by atoms with van der Waals surface area (Å²) in [5.41, 5.74) is 1.10. The molecule has 0 amide bonds. The molecule has 1 saturated heterocycles. The number of nitrogens with zero attached hydrogens (tertiary/aromatic N) is 2. The molecule has 1 aromatic carbocycles. The van der Waals surface area contributed by atoms with Gasteiger partial charge in [-0.2, -0.15) is 0 Å². The molecule has 1 aromatic heterocycles. The molecule has 1 fully saturated rings. The molecule has 2 heterocycles. The second-order valence-corrected chi connectivity index (χ2v) is 7.75. The van der Waals surface area contributed by atoms with Crippen LogP contribution < -0.4 is 15.4 Å². The molecule has 2 aromatic rings. The van der Waals surface area contributed by atoms with Gasteiger partial charge in [0.1, 0.15) is 17.9 Å². The van der Waals surface area contributed by atoms with Crippen molar-refractivity contribution >= 4 is 16.7 Å². The summed E-state index contributed by atoms with van der Waals surface area (Å²) in [5.74, 6) is 1.71. The number of anilines is 1. The van der Waals surface area contributed by atoms with E-state index in [4.69, 9.17) is 4.74 Å². The van der Waals surface area contributed by atoms with E-state index < -0.39 is 0 Å². The molecular weight excluding hydrogens is 288 g/mol. The third-order valence-electron chi connectivity index (χ3n) is 4.37. The van der Waals surface area contributed by atoms with Crippen LogP contribution in [0.2, 0.25) is 0 Å². The van der Waals surface area contributed by atoms with E-state index in [0.29, 0.717) is 6.04 Å². The Bertz CT molecular complexity index is 695. The third kappa shape index (κ3) is 3.55. The van der Waals surface area contributed by atoms with Crippen LogP contribution in [-0.2, 0) is 0 Å². The summed E-state index contributed by atoms with van der Waals surface area (Å²) < 4.78 is 5.28. The van der Waals surface area contributed by atoms with Crippen LogP contribution in [0, 0.1) is 0 Å². The van der Waals surface area contributed by atoms with E-state index in [2.05, 4.69) is 48.3 Å². The topological polar surface area (TPSA) is 59.1 Å². The minimum absolute atomic E-state index is 0.103. The Labute approximate surface area is 137 Å². The normalized spacial score (nSPS) is 20.4. The van der Waals surface area contributed by atoms with E-state index >= 15 is 0 Å². The SMILES string of the molecule is COc1ccc2c(NC3CC(C)(C)NC(C)(C)C3)ncnc2c1. The summed E-state index contributed by atoms with van der Waals surface area (Å²) in [6.07, 6.45) is 3.72. The van der Waals surface area contributed by atoms with Crippen molar-refractivity contribution < 1.29 is 4.74 Å². The Morgan fingerprint density at radius 1 is 1.13 bits per heavy atom. The first-order valence-corrected chi connectivity index (χ1v) is 8.13. The number of benzene rings is 1. The van der Waals surface area contributed by atoms with Gasteiger partial charge in [-0.25, -0.2) is 9.97 Å². The van der Waals surface area contributed by atoms with Crippen molar-refractivity contribution in [2.75, 3.05) is 12.4 Å². The molecule has 124 valence electrons. The molecule has 0 atom stereocenters. The van der Waals surface area contributed by atoms with Crippen LogP contribution in [0.1, 0.15) is 40.5 Å². The highest BCUT2D eigenvalue weighted by Gasteiger charge is 2.37. The number of nitrogens with one attached hydrogen (secondary N) is 2. The molecule has 0 spiro atoms. The number of fused-ring (bicyclic) bond motifs is 1. The fourth-order valence-corrected chi connectivity index (χ4v) is 3.90. The number of ether oxygens (including phenoxy) is 1. The maximum atomic E-state index is 5.28. The number of methoxy groups -OCH3 is 1. The van der Waals surface area contributed by atoms with Crippen LogP contribution in [0.3, 0.4) is 0 Å². The largest absolute Gasteiger partial charge is 0.497 e. The first-order valence-electron chi connectivity index (χ1n) is 8.13. The molecule has 3 rings (SSSR count). The predicted molar refractivity (Wildman–Crippen MR) is 94.0 cm³/mol. The number of hydrogen-bond donors (Lipinski definition) is 2. The maximum absolute atomic E-state index is 5.28. The van der Waals surface area contributed by atoms with Crippen molar-refractivity contribution in [2.24, 2.45) is 0 Å². The van der Waals surface area contributed by atoms with Gasteiger partial charge in [-0.15, -0.1) is 0 Å². The highest BCUT2D eigenvalue weighted by molar-refractivity contribution is 5.89. The fourth-order valence-electron chi connectivity index (χ4n) is 3.90. The van der Waals surface area contributed by atoms with Gasteiger partial charge in [0.25, 0.3) is 0 Å². The van der Waals surface area contributed by atoms with Crippen molar-refractivity contribution in [2.45, 2.75) is 57.7 Å². The van der Waals surface area contributed by atoms with Crippen molar-refractivity contribution in [1.29, 1.82) is 0 Å². The molecule has 0 saturated carbocycles. The molecule has 0 radical (unpaired) electrons. The van der Waals surface area contributed by atoms with Crippen LogP contribution in [0.15, 0.2) is 24.5 Å². The Morgan fingerprint density at radius 2 is 1.83 bits per heavy atom. The van der Waals surface area contributed by atoms with Crippen molar-refractivity contribution in [3.05, 3.63) is 24.5 Å². The van der Waals surface area contributed by atoms with Gasteiger partial charge in [0.15, 0.2) is 0 Å². The molecule has 0 aliphatic carbocycles. The minimum atomic E-state index is 0.103. The average molecular weight is 314 g/mol. The molecule has 1 aliphatic rings. The number of aromatic nitrogens is 2. The van der Waals surface area contributed by atoms with E-state index in [-0.39, 0.29) is 11.1 Å². The third-order valence-corrected chi connectivity index (χ3v) is 4.37. The van der Waals surface area contributed by atoms with E-state index in [1.54, 1.807) is 13.4 Å². The van der Waals surface area contributed by atoms with Crippen molar-refractivity contribution in [3.8, 4) is 5.75 Å². The van der Waals surface area contributed by atoms with Gasteiger partial charge in [-0.1, -0.05) is 0 Å². The Morgan fingerprint density at radius 3 is 2.48 bits per heavy atom. The van der Waals surface area contributed by atoms with Crippen LogP contribution >= 0.6 is 0 Å². The van der Waals surface area contributed by atoms with E-state index in [0.717, 1.165) is 35.3 Å². The van der Waals surface area contributed by atoms with Crippen LogP contribution in [-0.4, -0.2) is 34.2 Å². The number of rotatable bonds is 3. The fraction of sp³-hybridized carbons (Fsp3) is 0.556. The van der Waals surface area contributed by atoms with Crippen molar-refractivity contribution in [1.82, 2.24) is 15.3 Å². The first kappa shape index (κ1) is 16.0.